The quantitative estimate of drug-likeness (QED) is 0.153. The molecule has 0 spiro atoms. The number of hydrogen-bond donors (Lipinski definition) is 0. The van der Waals surface area contributed by atoms with Crippen LogP contribution in [0, 0.1) is 20.8 Å². The van der Waals surface area contributed by atoms with Crippen molar-refractivity contribution >= 4 is 77.6 Å². The molecule has 268 valence electrons. The summed E-state index contributed by atoms with van der Waals surface area (Å²) < 4.78 is 6.96. The Bertz CT molecular complexity index is 2980. The van der Waals surface area contributed by atoms with Crippen LogP contribution < -0.4 is 9.80 Å². The van der Waals surface area contributed by atoms with E-state index in [-0.39, 0.29) is 0 Å². The molecule has 1 heterocycles. The van der Waals surface area contributed by atoms with E-state index >= 15 is 0 Å². The number of aryl methyl sites for hydroxylation is 3. The third-order valence-electron chi connectivity index (χ3n) is 11.0. The predicted molar refractivity (Wildman–Crippen MR) is 238 cm³/mol. The Kier molecular flexibility index (Phi) is 8.15. The first-order chi connectivity index (χ1) is 27.5. The highest BCUT2D eigenvalue weighted by Gasteiger charge is 2.21. The number of para-hydroxylation sites is 3. The first kappa shape index (κ1) is 33.5. The van der Waals surface area contributed by atoms with Crippen molar-refractivity contribution in [1.29, 1.82) is 0 Å². The molecule has 10 rings (SSSR count). The lowest BCUT2D eigenvalue weighted by Crippen LogP contribution is -2.13. The van der Waals surface area contributed by atoms with Crippen LogP contribution in [0.4, 0.5) is 34.1 Å². The zero-order valence-corrected chi connectivity index (χ0v) is 31.7. The van der Waals surface area contributed by atoms with Gasteiger partial charge in [0, 0.05) is 50.7 Å². The Morgan fingerprint density at radius 2 is 0.857 bits per heavy atom. The number of furan rings is 1. The van der Waals surface area contributed by atoms with Crippen molar-refractivity contribution in [3.63, 3.8) is 0 Å². The van der Waals surface area contributed by atoms with E-state index in [1.807, 2.05) is 0 Å². The van der Waals surface area contributed by atoms with Gasteiger partial charge in [-0.05, 0) is 132 Å². The summed E-state index contributed by atoms with van der Waals surface area (Å²) in [6, 6.07) is 67.4. The third kappa shape index (κ3) is 5.68. The number of hydrogen-bond acceptors (Lipinski definition) is 3. The summed E-state index contributed by atoms with van der Waals surface area (Å²) >= 11 is 0. The van der Waals surface area contributed by atoms with Crippen LogP contribution in [0.2, 0.25) is 0 Å². The normalized spacial score (nSPS) is 11.5. The van der Waals surface area contributed by atoms with Crippen LogP contribution >= 0.6 is 0 Å². The van der Waals surface area contributed by atoms with Crippen molar-refractivity contribution < 1.29 is 4.42 Å². The minimum Gasteiger partial charge on any atom is -0.455 e. The summed E-state index contributed by atoms with van der Waals surface area (Å²) in [5.41, 5.74) is 14.6. The zero-order valence-electron chi connectivity index (χ0n) is 31.7. The molecule has 0 saturated carbocycles. The highest BCUT2D eigenvalue weighted by atomic mass is 16.3. The molecule has 3 heteroatoms. The molecule has 0 N–H and O–H groups in total. The maximum atomic E-state index is 6.96. The first-order valence-electron chi connectivity index (χ1n) is 19.3. The van der Waals surface area contributed by atoms with Crippen molar-refractivity contribution in [2.45, 2.75) is 20.8 Å². The van der Waals surface area contributed by atoms with E-state index in [1.165, 1.54) is 44.1 Å². The van der Waals surface area contributed by atoms with Crippen molar-refractivity contribution in [3.8, 4) is 11.1 Å². The maximum Gasteiger partial charge on any atom is 0.143 e. The van der Waals surface area contributed by atoms with Crippen LogP contribution in [-0.4, -0.2) is 0 Å². The van der Waals surface area contributed by atoms with E-state index < -0.39 is 0 Å². The van der Waals surface area contributed by atoms with Gasteiger partial charge in [0.05, 0.1) is 5.69 Å². The fraction of sp³-hybridized carbons (Fsp3) is 0.0566. The molecule has 1 aromatic heterocycles. The molecule has 3 nitrogen and oxygen atoms in total. The predicted octanol–water partition coefficient (Wildman–Crippen LogP) is 15.4. The monoisotopic (exact) mass is 720 g/mol. The maximum absolute atomic E-state index is 6.96. The van der Waals surface area contributed by atoms with Gasteiger partial charge in [0.1, 0.15) is 11.2 Å². The number of fused-ring (bicyclic) bond motifs is 8. The van der Waals surface area contributed by atoms with Crippen molar-refractivity contribution in [2.75, 3.05) is 9.80 Å². The van der Waals surface area contributed by atoms with Crippen LogP contribution in [0.3, 0.4) is 0 Å². The first-order valence-corrected chi connectivity index (χ1v) is 19.3. The van der Waals surface area contributed by atoms with E-state index in [1.54, 1.807) is 0 Å². The van der Waals surface area contributed by atoms with Crippen LogP contribution in [0.5, 0.6) is 0 Å². The average molecular weight is 721 g/mol. The minimum atomic E-state index is 0.875. The lowest BCUT2D eigenvalue weighted by atomic mass is 9.94. The van der Waals surface area contributed by atoms with E-state index in [0.717, 1.165) is 61.3 Å². The molecule has 9 aromatic carbocycles. The van der Waals surface area contributed by atoms with E-state index in [2.05, 4.69) is 219 Å². The molecule has 0 fully saturated rings. The molecule has 0 radical (unpaired) electrons. The van der Waals surface area contributed by atoms with Crippen molar-refractivity contribution in [3.05, 3.63) is 205 Å². The average Bonchev–Trinajstić information content (AvgIpc) is 3.63. The standard InChI is InChI=1S/C53H40N2O/c1-35-31-36(2)52(37(3)32-35)55(42-19-11-6-12-20-42)44-28-30-48-50(34-44)56-53-47-29-25-39(33-49(47)45-21-13-14-22-46(45)51(48)53)38-23-26-43(27-24-38)54(40-15-7-4-8-16-40)41-17-9-5-10-18-41/h4-34H,1-3H3. The molecule has 10 aromatic rings. The molecule has 0 unspecified atom stereocenters. The van der Waals surface area contributed by atoms with Gasteiger partial charge in [-0.3, -0.25) is 0 Å². The Morgan fingerprint density at radius 3 is 1.48 bits per heavy atom. The highest BCUT2D eigenvalue weighted by molar-refractivity contribution is 6.30. The molecule has 0 aliphatic rings. The second kappa shape index (κ2) is 13.6. The molecule has 56 heavy (non-hydrogen) atoms. The molecule has 0 aliphatic carbocycles. The topological polar surface area (TPSA) is 19.6 Å². The summed E-state index contributed by atoms with van der Waals surface area (Å²) in [7, 11) is 0. The minimum absolute atomic E-state index is 0.875. The molecular weight excluding hydrogens is 681 g/mol. The van der Waals surface area contributed by atoms with Gasteiger partial charge in [0.25, 0.3) is 0 Å². The summed E-state index contributed by atoms with van der Waals surface area (Å²) in [6.45, 7) is 6.57. The van der Waals surface area contributed by atoms with Crippen LogP contribution in [-0.2, 0) is 0 Å². The largest absolute Gasteiger partial charge is 0.455 e. The number of anilines is 6. The molecule has 0 aliphatic heterocycles. The lowest BCUT2D eigenvalue weighted by Gasteiger charge is -2.29. The summed E-state index contributed by atoms with van der Waals surface area (Å²) in [5.74, 6) is 0. The van der Waals surface area contributed by atoms with Gasteiger partial charge in [-0.15, -0.1) is 0 Å². The van der Waals surface area contributed by atoms with Crippen molar-refractivity contribution in [2.24, 2.45) is 0 Å². The smallest absolute Gasteiger partial charge is 0.143 e. The molecule has 0 saturated heterocycles. The number of benzene rings is 9. The zero-order chi connectivity index (χ0) is 37.8. The Balaban J connectivity index is 1.10. The van der Waals surface area contributed by atoms with Gasteiger partial charge in [0.15, 0.2) is 0 Å². The second-order valence-corrected chi connectivity index (χ2v) is 14.8. The van der Waals surface area contributed by atoms with Crippen LogP contribution in [0.25, 0.3) is 54.6 Å². The molecule has 0 atom stereocenters. The van der Waals surface area contributed by atoms with Gasteiger partial charge >= 0.3 is 0 Å². The Hall–Kier alpha value is -7.10. The van der Waals surface area contributed by atoms with Crippen LogP contribution in [0.15, 0.2) is 192 Å². The van der Waals surface area contributed by atoms with E-state index in [0.29, 0.717) is 0 Å². The van der Waals surface area contributed by atoms with Gasteiger partial charge in [-0.2, -0.15) is 0 Å². The van der Waals surface area contributed by atoms with E-state index in [4.69, 9.17) is 4.42 Å². The Labute approximate surface area is 327 Å². The van der Waals surface area contributed by atoms with Crippen LogP contribution in [0.1, 0.15) is 16.7 Å². The van der Waals surface area contributed by atoms with Gasteiger partial charge < -0.3 is 14.2 Å². The lowest BCUT2D eigenvalue weighted by molar-refractivity contribution is 0.673. The van der Waals surface area contributed by atoms with Crippen molar-refractivity contribution in [1.82, 2.24) is 0 Å². The SMILES string of the molecule is Cc1cc(C)c(N(c2ccccc2)c2ccc3c(c2)oc2c4ccc(-c5ccc(N(c6ccccc6)c6ccccc6)cc5)cc4c4ccccc4c32)c(C)c1. The molecule has 0 bridgehead atoms. The second-order valence-electron chi connectivity index (χ2n) is 14.8. The van der Waals surface area contributed by atoms with E-state index in [9.17, 15) is 0 Å². The fourth-order valence-electron chi connectivity index (χ4n) is 8.68. The Morgan fingerprint density at radius 1 is 0.357 bits per heavy atom. The third-order valence-corrected chi connectivity index (χ3v) is 11.0. The van der Waals surface area contributed by atoms with Gasteiger partial charge in [-0.25, -0.2) is 0 Å². The molecular formula is C53H40N2O. The summed E-state index contributed by atoms with van der Waals surface area (Å²) in [4.78, 5) is 4.66. The van der Waals surface area contributed by atoms with Gasteiger partial charge in [0.2, 0.25) is 0 Å². The summed E-state index contributed by atoms with van der Waals surface area (Å²) in [6.07, 6.45) is 0. The summed E-state index contributed by atoms with van der Waals surface area (Å²) in [5, 5.41) is 6.98. The van der Waals surface area contributed by atoms with Gasteiger partial charge in [-0.1, -0.05) is 115 Å². The number of rotatable bonds is 7. The molecule has 0 amide bonds. The fourth-order valence-corrected chi connectivity index (χ4v) is 8.68. The number of nitrogens with zero attached hydrogens (tertiary/aromatic N) is 2. The highest BCUT2D eigenvalue weighted by Crippen LogP contribution is 2.45.